The average Bonchev–Trinajstić information content (AvgIpc) is 3.07. The minimum Gasteiger partial charge on any atom is -0.461 e. The Morgan fingerprint density at radius 3 is 2.25 bits per heavy atom. The third-order valence-electron chi connectivity index (χ3n) is 2.63. The topological polar surface area (TPSA) is 41.8 Å². The lowest BCUT2D eigenvalue weighted by atomic mass is 10.1. The van der Waals surface area contributed by atoms with Crippen molar-refractivity contribution in [1.82, 2.24) is 9.97 Å². The molecule has 0 fully saturated rings. The third-order valence-corrected chi connectivity index (χ3v) is 2.63. The van der Waals surface area contributed by atoms with E-state index in [1.165, 1.54) is 0 Å². The number of aromatic amines is 1. The zero-order chi connectivity index (χ0) is 15.1. The fourth-order valence-electron chi connectivity index (χ4n) is 1.88. The maximum atomic E-state index is 5.59. The minimum absolute atomic E-state index is 0.895. The van der Waals surface area contributed by atoms with Gasteiger partial charge in [-0.05, 0) is 44.2 Å². The lowest BCUT2D eigenvalue weighted by Crippen LogP contribution is -1.74. The second kappa shape index (κ2) is 7.53. The third kappa shape index (κ3) is 3.50. The van der Waals surface area contributed by atoms with Crippen LogP contribution in [-0.2, 0) is 0 Å². The highest BCUT2D eigenvalue weighted by atomic mass is 16.3. The zero-order valence-corrected chi connectivity index (χ0v) is 13.2. The number of furan rings is 1. The number of hydrogen-bond donors (Lipinski definition) is 1. The monoisotopic (exact) mass is 272 g/mol. The first-order chi connectivity index (χ1) is 9.72. The molecule has 0 amide bonds. The molecule has 0 saturated carbocycles. The Morgan fingerprint density at radius 1 is 0.950 bits per heavy atom. The molecule has 20 heavy (non-hydrogen) atoms. The van der Waals surface area contributed by atoms with Crippen molar-refractivity contribution in [3.8, 4) is 11.3 Å². The predicted molar refractivity (Wildman–Crippen MR) is 86.0 cm³/mol. The van der Waals surface area contributed by atoms with Gasteiger partial charge in [0, 0.05) is 5.56 Å². The number of aryl methyl sites for hydroxylation is 2. The Balaban J connectivity index is 0.000000461. The maximum Gasteiger partial charge on any atom is 0.134 e. The van der Waals surface area contributed by atoms with E-state index >= 15 is 0 Å². The van der Waals surface area contributed by atoms with Crippen molar-refractivity contribution >= 4 is 11.0 Å². The summed E-state index contributed by atoms with van der Waals surface area (Å²) in [5, 5.41) is 0. The molecule has 3 nitrogen and oxygen atoms in total. The minimum atomic E-state index is 0.895. The summed E-state index contributed by atoms with van der Waals surface area (Å²) < 4.78 is 5.59. The molecule has 0 atom stereocenters. The quantitative estimate of drug-likeness (QED) is 0.636. The van der Waals surface area contributed by atoms with Gasteiger partial charge in [-0.15, -0.1) is 0 Å². The van der Waals surface area contributed by atoms with Crippen molar-refractivity contribution in [3.05, 3.63) is 41.9 Å². The fraction of sp³-hybridized carbons (Fsp3) is 0.353. The average molecular weight is 272 g/mol. The number of H-pyrrole nitrogens is 1. The highest BCUT2D eigenvalue weighted by Crippen LogP contribution is 2.24. The van der Waals surface area contributed by atoms with Crippen LogP contribution in [0.5, 0.6) is 0 Å². The van der Waals surface area contributed by atoms with E-state index in [4.69, 9.17) is 4.42 Å². The van der Waals surface area contributed by atoms with Crippen molar-refractivity contribution in [1.29, 1.82) is 0 Å². The molecule has 2 aromatic heterocycles. The predicted octanol–water partition coefficient (Wildman–Crippen LogP) is 5.49. The van der Waals surface area contributed by atoms with Gasteiger partial charge in [0.1, 0.15) is 17.3 Å². The maximum absolute atomic E-state index is 5.59. The van der Waals surface area contributed by atoms with Crippen molar-refractivity contribution in [2.75, 3.05) is 0 Å². The van der Waals surface area contributed by atoms with E-state index < -0.39 is 0 Å². The van der Waals surface area contributed by atoms with Gasteiger partial charge in [0.2, 0.25) is 0 Å². The Kier molecular flexibility index (Phi) is 6.04. The molecular weight excluding hydrogens is 248 g/mol. The molecule has 1 N–H and O–H groups in total. The van der Waals surface area contributed by atoms with Crippen LogP contribution >= 0.6 is 0 Å². The van der Waals surface area contributed by atoms with Gasteiger partial charge in [-0.2, -0.15) is 0 Å². The zero-order valence-electron chi connectivity index (χ0n) is 13.2. The summed E-state index contributed by atoms with van der Waals surface area (Å²) in [7, 11) is 0. The molecule has 3 rings (SSSR count). The van der Waals surface area contributed by atoms with Crippen LogP contribution in [-0.4, -0.2) is 9.97 Å². The summed E-state index contributed by atoms with van der Waals surface area (Å²) in [6.07, 6.45) is 0. The van der Waals surface area contributed by atoms with Gasteiger partial charge >= 0.3 is 0 Å². The molecule has 108 valence electrons. The summed E-state index contributed by atoms with van der Waals surface area (Å²) in [6.45, 7) is 11.9. The summed E-state index contributed by atoms with van der Waals surface area (Å²) in [6, 6.07) is 10.1. The van der Waals surface area contributed by atoms with Crippen molar-refractivity contribution in [2.24, 2.45) is 0 Å². The normalized spacial score (nSPS) is 9.50. The van der Waals surface area contributed by atoms with E-state index in [-0.39, 0.29) is 0 Å². The number of benzene rings is 1. The lowest BCUT2D eigenvalue weighted by molar-refractivity contribution is 0.548. The number of nitrogens with one attached hydrogen (secondary N) is 1. The molecule has 0 saturated heterocycles. The van der Waals surface area contributed by atoms with Gasteiger partial charge in [-0.25, -0.2) is 4.98 Å². The molecule has 0 aliphatic heterocycles. The number of imidazole rings is 1. The second-order valence-corrected chi connectivity index (χ2v) is 3.96. The van der Waals surface area contributed by atoms with Gasteiger partial charge in [-0.3, -0.25) is 0 Å². The summed E-state index contributed by atoms with van der Waals surface area (Å²) in [4.78, 5) is 7.59. The number of fused-ring (bicyclic) bond motifs is 1. The van der Waals surface area contributed by atoms with Crippen molar-refractivity contribution in [2.45, 2.75) is 41.5 Å². The standard InChI is InChI=1S/C13H12N2O.2C2H6/c1-8-3-6-13(16-8)10-4-5-11-12(7-10)15-9(2)14-11;2*1-2/h3-7H,1-2H3,(H,14,15);2*1-2H3. The second-order valence-electron chi connectivity index (χ2n) is 3.96. The van der Waals surface area contributed by atoms with Crippen molar-refractivity contribution < 1.29 is 4.42 Å². The van der Waals surface area contributed by atoms with Gasteiger partial charge in [0.25, 0.3) is 0 Å². The molecule has 0 spiro atoms. The largest absolute Gasteiger partial charge is 0.461 e. The first-order valence-electron chi connectivity index (χ1n) is 7.25. The fourth-order valence-corrected chi connectivity index (χ4v) is 1.88. The molecule has 0 unspecified atom stereocenters. The first kappa shape index (κ1) is 16.0. The summed E-state index contributed by atoms with van der Waals surface area (Å²) in [5.74, 6) is 2.75. The highest BCUT2D eigenvalue weighted by Gasteiger charge is 2.05. The van der Waals surface area contributed by atoms with Crippen LogP contribution in [0.25, 0.3) is 22.4 Å². The molecule has 3 aromatic rings. The lowest BCUT2D eigenvalue weighted by Gasteiger charge is -1.96. The van der Waals surface area contributed by atoms with E-state index in [9.17, 15) is 0 Å². The molecule has 0 radical (unpaired) electrons. The van der Waals surface area contributed by atoms with Gasteiger partial charge in [-0.1, -0.05) is 27.7 Å². The summed E-state index contributed by atoms with van der Waals surface area (Å²) >= 11 is 0. The van der Waals surface area contributed by atoms with E-state index in [2.05, 4.69) is 16.0 Å². The highest BCUT2D eigenvalue weighted by molar-refractivity contribution is 5.80. The number of aromatic nitrogens is 2. The van der Waals surface area contributed by atoms with Gasteiger partial charge in [0.05, 0.1) is 11.0 Å². The molecule has 2 heterocycles. The first-order valence-corrected chi connectivity index (χ1v) is 7.25. The SMILES string of the molecule is CC.CC.Cc1nc2ccc(-c3ccc(C)o3)cc2[nH]1. The van der Waals surface area contributed by atoms with E-state index in [0.717, 1.165) is 33.9 Å². The van der Waals surface area contributed by atoms with Crippen LogP contribution in [0.15, 0.2) is 34.7 Å². The van der Waals surface area contributed by atoms with Crippen LogP contribution in [0.1, 0.15) is 39.3 Å². The number of hydrogen-bond acceptors (Lipinski definition) is 2. The Hall–Kier alpha value is -2.03. The van der Waals surface area contributed by atoms with Crippen LogP contribution in [0, 0.1) is 13.8 Å². The Labute approximate surface area is 121 Å². The van der Waals surface area contributed by atoms with Gasteiger partial charge < -0.3 is 9.40 Å². The number of rotatable bonds is 1. The molecular formula is C17H24N2O. The van der Waals surface area contributed by atoms with Crippen molar-refractivity contribution in [3.63, 3.8) is 0 Å². The molecule has 1 aromatic carbocycles. The molecule has 0 aliphatic rings. The summed E-state index contributed by atoms with van der Waals surface area (Å²) in [5.41, 5.74) is 3.11. The molecule has 0 bridgehead atoms. The van der Waals surface area contributed by atoms with E-state index in [0.29, 0.717) is 0 Å². The van der Waals surface area contributed by atoms with E-state index in [1.54, 1.807) is 0 Å². The van der Waals surface area contributed by atoms with Crippen LogP contribution in [0.2, 0.25) is 0 Å². The van der Waals surface area contributed by atoms with Crippen LogP contribution < -0.4 is 0 Å². The Bertz CT molecular complexity index is 650. The molecule has 0 aliphatic carbocycles. The Morgan fingerprint density at radius 2 is 1.65 bits per heavy atom. The molecule has 3 heteroatoms. The smallest absolute Gasteiger partial charge is 0.134 e. The number of nitrogens with zero attached hydrogens (tertiary/aromatic N) is 1. The van der Waals surface area contributed by atoms with Crippen LogP contribution in [0.4, 0.5) is 0 Å². The van der Waals surface area contributed by atoms with Crippen LogP contribution in [0.3, 0.4) is 0 Å². The van der Waals surface area contributed by atoms with E-state index in [1.807, 2.05) is 65.8 Å². The van der Waals surface area contributed by atoms with Gasteiger partial charge in [0.15, 0.2) is 0 Å².